The van der Waals surface area contributed by atoms with Crippen LogP contribution >= 0.6 is 15.9 Å². The Morgan fingerprint density at radius 1 is 1.43 bits per heavy atom. The van der Waals surface area contributed by atoms with E-state index in [1.54, 1.807) is 0 Å². The van der Waals surface area contributed by atoms with Crippen molar-refractivity contribution in [2.45, 2.75) is 45.6 Å². The van der Waals surface area contributed by atoms with Crippen molar-refractivity contribution in [3.8, 4) is 0 Å². The van der Waals surface area contributed by atoms with Crippen molar-refractivity contribution >= 4 is 15.9 Å². The number of halogens is 1. The first-order chi connectivity index (χ1) is 6.68. The third-order valence-electron chi connectivity index (χ3n) is 4.28. The fourth-order valence-electron chi connectivity index (χ4n) is 3.13. The molecule has 2 fully saturated rings. The van der Waals surface area contributed by atoms with Crippen molar-refractivity contribution in [2.75, 3.05) is 11.9 Å². The molecule has 1 saturated carbocycles. The molecule has 0 aromatic rings. The van der Waals surface area contributed by atoms with Gasteiger partial charge in [0.15, 0.2) is 0 Å². The van der Waals surface area contributed by atoms with Crippen LogP contribution < -0.4 is 0 Å². The summed E-state index contributed by atoms with van der Waals surface area (Å²) in [6.45, 7) is 5.71. The standard InChI is InChI=1S/C12H21BrO/c1-9(2)10-3-4-11-12(7-10,8-13)5-6-14-11/h9-11H,3-8H2,1-2H3. The van der Waals surface area contributed by atoms with Crippen LogP contribution in [0.4, 0.5) is 0 Å². The predicted molar refractivity (Wildman–Crippen MR) is 62.8 cm³/mol. The minimum Gasteiger partial charge on any atom is -0.378 e. The highest BCUT2D eigenvalue weighted by Gasteiger charge is 2.47. The largest absolute Gasteiger partial charge is 0.378 e. The molecule has 0 N–H and O–H groups in total. The molecule has 1 heterocycles. The summed E-state index contributed by atoms with van der Waals surface area (Å²) < 4.78 is 5.85. The second kappa shape index (κ2) is 4.13. The lowest BCUT2D eigenvalue weighted by Crippen LogP contribution is -2.40. The van der Waals surface area contributed by atoms with Crippen molar-refractivity contribution in [3.05, 3.63) is 0 Å². The molecular weight excluding hydrogens is 240 g/mol. The molecule has 0 aromatic heterocycles. The molecule has 3 unspecified atom stereocenters. The summed E-state index contributed by atoms with van der Waals surface area (Å²) in [7, 11) is 0. The van der Waals surface area contributed by atoms with E-state index < -0.39 is 0 Å². The lowest BCUT2D eigenvalue weighted by atomic mass is 9.66. The fourth-order valence-corrected chi connectivity index (χ4v) is 4.00. The zero-order chi connectivity index (χ0) is 10.2. The number of hydrogen-bond donors (Lipinski definition) is 0. The van der Waals surface area contributed by atoms with Gasteiger partial charge in [-0.3, -0.25) is 0 Å². The second-order valence-corrected chi connectivity index (χ2v) is 5.95. The van der Waals surface area contributed by atoms with Gasteiger partial charge in [-0.25, -0.2) is 0 Å². The quantitative estimate of drug-likeness (QED) is 0.690. The molecule has 0 spiro atoms. The number of rotatable bonds is 2. The lowest BCUT2D eigenvalue weighted by molar-refractivity contribution is 0.00265. The predicted octanol–water partition coefficient (Wildman–Crippen LogP) is 3.61. The van der Waals surface area contributed by atoms with Crippen LogP contribution in [0.5, 0.6) is 0 Å². The number of fused-ring (bicyclic) bond motifs is 1. The van der Waals surface area contributed by atoms with Gasteiger partial charge in [-0.05, 0) is 37.5 Å². The van der Waals surface area contributed by atoms with Crippen LogP contribution in [-0.2, 0) is 4.74 Å². The fraction of sp³-hybridized carbons (Fsp3) is 1.00. The Hall–Kier alpha value is 0.440. The topological polar surface area (TPSA) is 9.23 Å². The molecule has 1 aliphatic carbocycles. The Balaban J connectivity index is 2.09. The average Bonchev–Trinajstić information content (AvgIpc) is 2.60. The summed E-state index contributed by atoms with van der Waals surface area (Å²) in [6.07, 6.45) is 5.86. The zero-order valence-corrected chi connectivity index (χ0v) is 10.8. The Morgan fingerprint density at radius 3 is 2.86 bits per heavy atom. The summed E-state index contributed by atoms with van der Waals surface area (Å²) in [5.41, 5.74) is 0.479. The van der Waals surface area contributed by atoms with Crippen LogP contribution in [0, 0.1) is 17.3 Å². The SMILES string of the molecule is CC(C)C1CCC2OCCC2(CBr)C1. The maximum atomic E-state index is 5.85. The van der Waals surface area contributed by atoms with Gasteiger partial charge in [-0.2, -0.15) is 0 Å². The van der Waals surface area contributed by atoms with Crippen LogP contribution in [0.15, 0.2) is 0 Å². The summed E-state index contributed by atoms with van der Waals surface area (Å²) in [4.78, 5) is 0. The summed E-state index contributed by atoms with van der Waals surface area (Å²) in [6, 6.07) is 0. The maximum absolute atomic E-state index is 5.85. The smallest absolute Gasteiger partial charge is 0.0640 e. The van der Waals surface area contributed by atoms with Crippen molar-refractivity contribution in [1.82, 2.24) is 0 Å². The molecule has 1 saturated heterocycles. The molecule has 3 atom stereocenters. The molecule has 2 rings (SSSR count). The third kappa shape index (κ3) is 1.76. The highest BCUT2D eigenvalue weighted by Crippen LogP contribution is 2.50. The number of alkyl halides is 1. The van der Waals surface area contributed by atoms with Crippen molar-refractivity contribution in [3.63, 3.8) is 0 Å². The number of hydrogen-bond acceptors (Lipinski definition) is 1. The highest BCUT2D eigenvalue weighted by molar-refractivity contribution is 9.09. The summed E-state index contributed by atoms with van der Waals surface area (Å²) >= 11 is 3.71. The molecule has 0 aromatic carbocycles. The summed E-state index contributed by atoms with van der Waals surface area (Å²) in [5.74, 6) is 1.76. The van der Waals surface area contributed by atoms with Crippen molar-refractivity contribution in [1.29, 1.82) is 0 Å². The van der Waals surface area contributed by atoms with E-state index in [1.165, 1.54) is 25.7 Å². The third-order valence-corrected chi connectivity index (χ3v) is 5.40. The maximum Gasteiger partial charge on any atom is 0.0640 e. The van der Waals surface area contributed by atoms with Crippen LogP contribution in [0.1, 0.15) is 39.5 Å². The van der Waals surface area contributed by atoms with E-state index in [4.69, 9.17) is 4.74 Å². The van der Waals surface area contributed by atoms with E-state index in [-0.39, 0.29) is 0 Å². The first-order valence-corrected chi connectivity index (χ1v) is 6.98. The molecule has 1 nitrogen and oxygen atoms in total. The normalized spacial score (nSPS) is 42.9. The molecule has 0 bridgehead atoms. The van der Waals surface area contributed by atoms with Crippen molar-refractivity contribution < 1.29 is 4.74 Å². The highest BCUT2D eigenvalue weighted by atomic mass is 79.9. The van der Waals surface area contributed by atoms with Gasteiger partial charge >= 0.3 is 0 Å². The summed E-state index contributed by atoms with van der Waals surface area (Å²) in [5, 5.41) is 1.13. The monoisotopic (exact) mass is 260 g/mol. The molecule has 1 aliphatic heterocycles. The Morgan fingerprint density at radius 2 is 2.21 bits per heavy atom. The van der Waals surface area contributed by atoms with E-state index in [0.717, 1.165) is 23.8 Å². The molecule has 82 valence electrons. The van der Waals surface area contributed by atoms with Gasteiger partial charge in [-0.15, -0.1) is 0 Å². The van der Waals surface area contributed by atoms with Gasteiger partial charge in [0.1, 0.15) is 0 Å². The first kappa shape index (κ1) is 10.9. The molecule has 2 aliphatic rings. The minimum absolute atomic E-state index is 0.479. The Bertz CT molecular complexity index is 204. The molecular formula is C12H21BrO. The van der Waals surface area contributed by atoms with E-state index in [9.17, 15) is 0 Å². The van der Waals surface area contributed by atoms with Crippen LogP contribution in [0.25, 0.3) is 0 Å². The van der Waals surface area contributed by atoms with Gasteiger partial charge in [0.05, 0.1) is 6.10 Å². The van der Waals surface area contributed by atoms with E-state index in [1.807, 2.05) is 0 Å². The Kier molecular flexibility index (Phi) is 3.23. The first-order valence-electron chi connectivity index (χ1n) is 5.85. The van der Waals surface area contributed by atoms with E-state index >= 15 is 0 Å². The average molecular weight is 261 g/mol. The molecule has 14 heavy (non-hydrogen) atoms. The van der Waals surface area contributed by atoms with Gasteiger partial charge in [-0.1, -0.05) is 29.8 Å². The second-order valence-electron chi connectivity index (χ2n) is 5.39. The lowest BCUT2D eigenvalue weighted by Gasteiger charge is -2.42. The van der Waals surface area contributed by atoms with Gasteiger partial charge in [0.2, 0.25) is 0 Å². The Labute approximate surface area is 95.7 Å². The van der Waals surface area contributed by atoms with Crippen molar-refractivity contribution in [2.24, 2.45) is 17.3 Å². The van der Waals surface area contributed by atoms with Crippen LogP contribution in [0.3, 0.4) is 0 Å². The number of ether oxygens (including phenoxy) is 1. The molecule has 2 heteroatoms. The van der Waals surface area contributed by atoms with Gasteiger partial charge < -0.3 is 4.74 Å². The van der Waals surface area contributed by atoms with Crippen LogP contribution in [-0.4, -0.2) is 18.0 Å². The van der Waals surface area contributed by atoms with Gasteiger partial charge in [0, 0.05) is 17.4 Å². The van der Waals surface area contributed by atoms with E-state index in [2.05, 4.69) is 29.8 Å². The van der Waals surface area contributed by atoms with Crippen LogP contribution in [0.2, 0.25) is 0 Å². The zero-order valence-electron chi connectivity index (χ0n) is 9.26. The molecule has 0 amide bonds. The van der Waals surface area contributed by atoms with Gasteiger partial charge in [0.25, 0.3) is 0 Å². The van der Waals surface area contributed by atoms with E-state index in [0.29, 0.717) is 11.5 Å². The minimum atomic E-state index is 0.479. The molecule has 0 radical (unpaired) electrons.